The van der Waals surface area contributed by atoms with Crippen LogP contribution in [0.15, 0.2) is 54.6 Å². The van der Waals surface area contributed by atoms with Crippen molar-refractivity contribution in [3.8, 4) is 0 Å². The van der Waals surface area contributed by atoms with E-state index in [0.29, 0.717) is 19.6 Å². The molecule has 5 heteroatoms. The number of nitrogens with zero attached hydrogens (tertiary/aromatic N) is 1. The Labute approximate surface area is 166 Å². The third-order valence-electron chi connectivity index (χ3n) is 6.10. The molecule has 2 N–H and O–H groups in total. The fourth-order valence-electron chi connectivity index (χ4n) is 4.23. The third-order valence-corrected chi connectivity index (χ3v) is 6.10. The summed E-state index contributed by atoms with van der Waals surface area (Å²) in [5.41, 5.74) is 3.42. The normalized spacial score (nSPS) is 18.1. The largest absolute Gasteiger partial charge is 0.356 e. The molecule has 2 aliphatic heterocycles. The van der Waals surface area contributed by atoms with Crippen LogP contribution in [0.4, 0.5) is 4.79 Å². The average molecular weight is 377 g/mol. The molecule has 2 aliphatic rings. The molecule has 28 heavy (non-hydrogen) atoms. The van der Waals surface area contributed by atoms with Crippen LogP contribution in [0.25, 0.3) is 0 Å². The van der Waals surface area contributed by atoms with E-state index in [1.54, 1.807) is 0 Å². The van der Waals surface area contributed by atoms with Crippen LogP contribution in [0.2, 0.25) is 0 Å². The van der Waals surface area contributed by atoms with Gasteiger partial charge in [-0.15, -0.1) is 0 Å². The molecule has 2 aromatic carbocycles. The van der Waals surface area contributed by atoms with Crippen LogP contribution in [0.1, 0.15) is 36.0 Å². The molecular formula is C23H27N3O2. The number of amides is 3. The van der Waals surface area contributed by atoms with E-state index in [4.69, 9.17) is 0 Å². The summed E-state index contributed by atoms with van der Waals surface area (Å²) in [6, 6.07) is 18.8. The first-order chi connectivity index (χ1) is 13.6. The lowest BCUT2D eigenvalue weighted by atomic mass is 9.77. The molecule has 2 fully saturated rings. The highest BCUT2D eigenvalue weighted by atomic mass is 16.2. The molecule has 5 nitrogen and oxygen atoms in total. The number of hydrogen-bond donors (Lipinski definition) is 2. The first kappa shape index (κ1) is 18.5. The highest BCUT2D eigenvalue weighted by Gasteiger charge is 2.44. The SMILES string of the molecule is O=C(NCc1ccc(Cc2ccccc2)cc1)N1CCC2(CCNC2=O)CC1. The summed E-state index contributed by atoms with van der Waals surface area (Å²) in [5.74, 6) is 0.170. The number of hydrogen-bond acceptors (Lipinski definition) is 2. The molecule has 0 saturated carbocycles. The number of carbonyl (C=O) groups excluding carboxylic acids is 2. The van der Waals surface area contributed by atoms with Gasteiger partial charge >= 0.3 is 6.03 Å². The lowest BCUT2D eigenvalue weighted by Gasteiger charge is -2.37. The molecule has 0 unspecified atom stereocenters. The summed E-state index contributed by atoms with van der Waals surface area (Å²) in [4.78, 5) is 26.4. The van der Waals surface area contributed by atoms with Crippen LogP contribution in [-0.2, 0) is 17.8 Å². The lowest BCUT2D eigenvalue weighted by Crippen LogP contribution is -2.49. The van der Waals surface area contributed by atoms with E-state index in [0.717, 1.165) is 37.8 Å². The van der Waals surface area contributed by atoms with E-state index in [1.807, 2.05) is 11.0 Å². The van der Waals surface area contributed by atoms with Crippen LogP contribution in [0.3, 0.4) is 0 Å². The zero-order valence-electron chi connectivity index (χ0n) is 16.1. The number of piperidine rings is 1. The summed E-state index contributed by atoms with van der Waals surface area (Å²) < 4.78 is 0. The van der Waals surface area contributed by atoms with Crippen molar-refractivity contribution >= 4 is 11.9 Å². The summed E-state index contributed by atoms with van der Waals surface area (Å²) in [5, 5.41) is 5.95. The Morgan fingerprint density at radius 2 is 1.57 bits per heavy atom. The van der Waals surface area contributed by atoms with Gasteiger partial charge in [-0.05, 0) is 42.4 Å². The second-order valence-electron chi connectivity index (χ2n) is 7.91. The number of likely N-dealkylation sites (tertiary alicyclic amines) is 1. The van der Waals surface area contributed by atoms with Crippen LogP contribution in [0, 0.1) is 5.41 Å². The van der Waals surface area contributed by atoms with Crippen molar-refractivity contribution in [2.75, 3.05) is 19.6 Å². The zero-order chi connectivity index (χ0) is 19.4. The van der Waals surface area contributed by atoms with Gasteiger partial charge in [-0.2, -0.15) is 0 Å². The van der Waals surface area contributed by atoms with Crippen molar-refractivity contribution in [1.29, 1.82) is 0 Å². The van der Waals surface area contributed by atoms with Crippen molar-refractivity contribution in [2.24, 2.45) is 5.41 Å². The Morgan fingerprint density at radius 3 is 2.21 bits per heavy atom. The molecule has 3 amide bonds. The highest BCUT2D eigenvalue weighted by Crippen LogP contribution is 2.37. The van der Waals surface area contributed by atoms with Gasteiger partial charge in [0.05, 0.1) is 5.41 Å². The van der Waals surface area contributed by atoms with Gasteiger partial charge in [-0.1, -0.05) is 54.6 Å². The van der Waals surface area contributed by atoms with Gasteiger partial charge in [0.1, 0.15) is 0 Å². The number of nitrogens with one attached hydrogen (secondary N) is 2. The molecule has 0 aromatic heterocycles. The van der Waals surface area contributed by atoms with E-state index in [-0.39, 0.29) is 17.4 Å². The van der Waals surface area contributed by atoms with Gasteiger partial charge in [0, 0.05) is 26.2 Å². The molecular weight excluding hydrogens is 350 g/mol. The minimum atomic E-state index is -0.231. The van der Waals surface area contributed by atoms with E-state index >= 15 is 0 Å². The van der Waals surface area contributed by atoms with E-state index in [2.05, 4.69) is 59.2 Å². The maximum absolute atomic E-state index is 12.5. The minimum absolute atomic E-state index is 0.0402. The molecule has 0 bridgehead atoms. The molecule has 146 valence electrons. The van der Waals surface area contributed by atoms with E-state index in [9.17, 15) is 9.59 Å². The molecule has 1 spiro atoms. The molecule has 4 rings (SSSR count). The standard InChI is InChI=1S/C23H27N3O2/c27-21-23(10-13-24-21)11-14-26(15-12-23)22(28)25-17-20-8-6-19(7-9-20)16-18-4-2-1-3-5-18/h1-9H,10-17H2,(H,24,27)(H,25,28). The predicted octanol–water partition coefficient (Wildman–Crippen LogP) is 3.09. The fourth-order valence-corrected chi connectivity index (χ4v) is 4.23. The first-order valence-electron chi connectivity index (χ1n) is 10.1. The molecule has 0 atom stereocenters. The number of carbonyl (C=O) groups is 2. The van der Waals surface area contributed by atoms with Gasteiger partial charge in [0.25, 0.3) is 0 Å². The van der Waals surface area contributed by atoms with Crippen molar-refractivity contribution < 1.29 is 9.59 Å². The van der Waals surface area contributed by atoms with Crippen LogP contribution >= 0.6 is 0 Å². The van der Waals surface area contributed by atoms with Gasteiger partial charge in [-0.25, -0.2) is 4.79 Å². The Morgan fingerprint density at radius 1 is 0.929 bits per heavy atom. The van der Waals surface area contributed by atoms with Crippen molar-refractivity contribution in [2.45, 2.75) is 32.2 Å². The molecule has 2 heterocycles. The van der Waals surface area contributed by atoms with E-state index in [1.165, 1.54) is 11.1 Å². The van der Waals surface area contributed by atoms with Gasteiger partial charge in [-0.3, -0.25) is 4.79 Å². The summed E-state index contributed by atoms with van der Waals surface area (Å²) in [7, 11) is 0. The monoisotopic (exact) mass is 377 g/mol. The second-order valence-corrected chi connectivity index (χ2v) is 7.91. The van der Waals surface area contributed by atoms with Crippen molar-refractivity contribution in [1.82, 2.24) is 15.5 Å². The van der Waals surface area contributed by atoms with E-state index < -0.39 is 0 Å². The number of rotatable bonds is 4. The molecule has 2 aromatic rings. The number of urea groups is 1. The second kappa shape index (κ2) is 8.05. The average Bonchev–Trinajstić information content (AvgIpc) is 3.08. The number of benzene rings is 2. The first-order valence-corrected chi connectivity index (χ1v) is 10.1. The summed E-state index contributed by atoms with van der Waals surface area (Å²) in [6.45, 7) is 2.59. The van der Waals surface area contributed by atoms with Crippen molar-refractivity contribution in [3.63, 3.8) is 0 Å². The highest BCUT2D eigenvalue weighted by molar-refractivity contribution is 5.85. The Kier molecular flexibility index (Phi) is 5.33. The topological polar surface area (TPSA) is 61.4 Å². The summed E-state index contributed by atoms with van der Waals surface area (Å²) >= 11 is 0. The maximum Gasteiger partial charge on any atom is 0.317 e. The lowest BCUT2D eigenvalue weighted by molar-refractivity contribution is -0.129. The van der Waals surface area contributed by atoms with Gasteiger partial charge in [0.2, 0.25) is 5.91 Å². The van der Waals surface area contributed by atoms with Crippen LogP contribution < -0.4 is 10.6 Å². The molecule has 2 saturated heterocycles. The quantitative estimate of drug-likeness (QED) is 0.860. The Hall–Kier alpha value is -2.82. The Bertz CT molecular complexity index is 825. The predicted molar refractivity (Wildman–Crippen MR) is 109 cm³/mol. The molecule has 0 radical (unpaired) electrons. The Balaban J connectivity index is 1.25. The maximum atomic E-state index is 12.5. The van der Waals surface area contributed by atoms with Crippen LogP contribution in [-0.4, -0.2) is 36.5 Å². The fraction of sp³-hybridized carbons (Fsp3) is 0.391. The van der Waals surface area contributed by atoms with Crippen LogP contribution in [0.5, 0.6) is 0 Å². The third kappa shape index (κ3) is 4.03. The molecule has 0 aliphatic carbocycles. The summed E-state index contributed by atoms with van der Waals surface area (Å²) in [6.07, 6.45) is 3.34. The van der Waals surface area contributed by atoms with Gasteiger partial charge < -0.3 is 15.5 Å². The zero-order valence-corrected chi connectivity index (χ0v) is 16.1. The minimum Gasteiger partial charge on any atom is -0.356 e. The smallest absolute Gasteiger partial charge is 0.317 e. The van der Waals surface area contributed by atoms with Gasteiger partial charge in [0.15, 0.2) is 0 Å². The van der Waals surface area contributed by atoms with Crippen molar-refractivity contribution in [3.05, 3.63) is 71.3 Å².